The Morgan fingerprint density at radius 3 is 2.13 bits per heavy atom. The van der Waals surface area contributed by atoms with E-state index in [4.69, 9.17) is 15.2 Å². The molecule has 23 heavy (non-hydrogen) atoms. The fourth-order valence-electron chi connectivity index (χ4n) is 2.45. The Balaban J connectivity index is 2.40. The van der Waals surface area contributed by atoms with Gasteiger partial charge in [-0.1, -0.05) is 12.1 Å². The first-order chi connectivity index (χ1) is 11.2. The maximum Gasteiger partial charge on any atom is 0.123 e. The van der Waals surface area contributed by atoms with Crippen LogP contribution in [-0.4, -0.2) is 40.5 Å². The van der Waals surface area contributed by atoms with Crippen LogP contribution in [0.2, 0.25) is 0 Å². The highest BCUT2D eigenvalue weighted by molar-refractivity contribution is 5.81. The maximum absolute atomic E-state index is 13.2. The summed E-state index contributed by atoms with van der Waals surface area (Å²) in [5, 5.41) is 0. The zero-order valence-electron chi connectivity index (χ0n) is 13.6. The average molecular weight is 318 g/mol. The number of hydrogen-bond donors (Lipinski definition) is 1. The molecule has 0 aliphatic carbocycles. The fraction of sp³-hybridized carbons (Fsp3) is 0.333. The van der Waals surface area contributed by atoms with Gasteiger partial charge in [0.2, 0.25) is 0 Å². The molecule has 0 saturated carbocycles. The number of nitrogens with zero attached hydrogens (tertiary/aromatic N) is 1. The lowest BCUT2D eigenvalue weighted by atomic mass is 10.0. The Kier molecular flexibility index (Phi) is 6.38. The van der Waals surface area contributed by atoms with Gasteiger partial charge < -0.3 is 20.1 Å². The molecule has 0 aliphatic rings. The summed E-state index contributed by atoms with van der Waals surface area (Å²) in [7, 11) is 3.36. The summed E-state index contributed by atoms with van der Waals surface area (Å²) in [5.74, 6) is -0.255. The second kappa shape index (κ2) is 8.50. The van der Waals surface area contributed by atoms with Gasteiger partial charge in [-0.3, -0.25) is 0 Å². The molecule has 5 heteroatoms. The highest BCUT2D eigenvalue weighted by atomic mass is 19.1. The van der Waals surface area contributed by atoms with Gasteiger partial charge in [-0.05, 0) is 35.9 Å². The van der Waals surface area contributed by atoms with E-state index >= 15 is 0 Å². The molecular weight excluding hydrogens is 295 g/mol. The smallest absolute Gasteiger partial charge is 0.123 e. The zero-order chi connectivity index (χ0) is 16.7. The number of nitrogen functional groups attached to an aromatic ring is 1. The van der Waals surface area contributed by atoms with Crippen LogP contribution in [0.3, 0.4) is 0 Å². The third kappa shape index (κ3) is 4.68. The summed E-state index contributed by atoms with van der Waals surface area (Å²) >= 11 is 0. The molecule has 2 N–H and O–H groups in total. The minimum Gasteiger partial charge on any atom is -0.399 e. The number of ether oxygens (including phenoxy) is 2. The third-order valence-electron chi connectivity index (χ3n) is 3.65. The number of halogens is 1. The van der Waals surface area contributed by atoms with E-state index in [1.807, 2.05) is 18.2 Å². The SMILES string of the molecule is COCCN(CCOC)c1ccc(N)cc1-c1ccc(F)cc1. The van der Waals surface area contributed by atoms with Crippen LogP contribution in [0.25, 0.3) is 11.1 Å². The molecule has 0 bridgehead atoms. The van der Waals surface area contributed by atoms with Gasteiger partial charge in [0.25, 0.3) is 0 Å². The van der Waals surface area contributed by atoms with Gasteiger partial charge in [0.1, 0.15) is 5.82 Å². The molecule has 0 unspecified atom stereocenters. The molecule has 2 aromatic rings. The van der Waals surface area contributed by atoms with E-state index in [0.717, 1.165) is 29.9 Å². The number of methoxy groups -OCH3 is 2. The topological polar surface area (TPSA) is 47.7 Å². The summed E-state index contributed by atoms with van der Waals surface area (Å²) in [6.07, 6.45) is 0. The zero-order valence-corrected chi connectivity index (χ0v) is 13.6. The molecule has 4 nitrogen and oxygen atoms in total. The predicted molar refractivity (Wildman–Crippen MR) is 92.2 cm³/mol. The van der Waals surface area contributed by atoms with Gasteiger partial charge in [0.15, 0.2) is 0 Å². The highest BCUT2D eigenvalue weighted by Crippen LogP contribution is 2.32. The Morgan fingerprint density at radius 2 is 1.57 bits per heavy atom. The first-order valence-electron chi connectivity index (χ1n) is 7.54. The van der Waals surface area contributed by atoms with E-state index in [0.29, 0.717) is 18.9 Å². The number of hydrogen-bond acceptors (Lipinski definition) is 4. The Hall–Kier alpha value is -2.11. The number of rotatable bonds is 8. The molecule has 2 aromatic carbocycles. The number of nitrogens with two attached hydrogens (primary N) is 1. The lowest BCUT2D eigenvalue weighted by molar-refractivity contribution is 0.190. The van der Waals surface area contributed by atoms with Crippen LogP contribution in [-0.2, 0) is 9.47 Å². The van der Waals surface area contributed by atoms with Crippen molar-refractivity contribution in [2.24, 2.45) is 0 Å². The highest BCUT2D eigenvalue weighted by Gasteiger charge is 2.13. The van der Waals surface area contributed by atoms with Gasteiger partial charge in [-0.25, -0.2) is 4.39 Å². The van der Waals surface area contributed by atoms with Crippen LogP contribution in [0.15, 0.2) is 42.5 Å². The van der Waals surface area contributed by atoms with Crippen molar-refractivity contribution >= 4 is 11.4 Å². The van der Waals surface area contributed by atoms with E-state index in [2.05, 4.69) is 4.90 Å². The van der Waals surface area contributed by atoms with Gasteiger partial charge in [0.05, 0.1) is 13.2 Å². The van der Waals surface area contributed by atoms with Crippen molar-refractivity contribution in [3.8, 4) is 11.1 Å². The Morgan fingerprint density at radius 1 is 0.957 bits per heavy atom. The van der Waals surface area contributed by atoms with Crippen LogP contribution in [0.1, 0.15) is 0 Å². The summed E-state index contributed by atoms with van der Waals surface area (Å²) in [6.45, 7) is 2.68. The average Bonchev–Trinajstić information content (AvgIpc) is 2.56. The quantitative estimate of drug-likeness (QED) is 0.760. The van der Waals surface area contributed by atoms with E-state index in [1.165, 1.54) is 12.1 Å². The van der Waals surface area contributed by atoms with Crippen LogP contribution in [0, 0.1) is 5.82 Å². The molecule has 0 amide bonds. The largest absolute Gasteiger partial charge is 0.399 e. The first kappa shape index (κ1) is 17.2. The van der Waals surface area contributed by atoms with Gasteiger partial charge in [-0.2, -0.15) is 0 Å². The van der Waals surface area contributed by atoms with E-state index in [9.17, 15) is 4.39 Å². The Labute approximate surface area is 136 Å². The lowest BCUT2D eigenvalue weighted by Crippen LogP contribution is -2.31. The fourth-order valence-corrected chi connectivity index (χ4v) is 2.45. The normalized spacial score (nSPS) is 10.7. The number of anilines is 2. The molecule has 0 atom stereocenters. The van der Waals surface area contributed by atoms with Crippen molar-refractivity contribution in [2.75, 3.05) is 51.2 Å². The van der Waals surface area contributed by atoms with Crippen molar-refractivity contribution in [3.63, 3.8) is 0 Å². The first-order valence-corrected chi connectivity index (χ1v) is 7.54. The minimum absolute atomic E-state index is 0.255. The van der Waals surface area contributed by atoms with Gasteiger partial charge in [-0.15, -0.1) is 0 Å². The van der Waals surface area contributed by atoms with Gasteiger partial charge in [0, 0.05) is 44.2 Å². The summed E-state index contributed by atoms with van der Waals surface area (Å²) in [6, 6.07) is 12.2. The second-order valence-electron chi connectivity index (χ2n) is 5.26. The van der Waals surface area contributed by atoms with E-state index in [1.54, 1.807) is 26.4 Å². The van der Waals surface area contributed by atoms with Crippen LogP contribution in [0.4, 0.5) is 15.8 Å². The predicted octanol–water partition coefficient (Wildman–Crippen LogP) is 3.17. The molecule has 0 radical (unpaired) electrons. The van der Waals surface area contributed by atoms with E-state index in [-0.39, 0.29) is 5.82 Å². The van der Waals surface area contributed by atoms with Crippen molar-refractivity contribution in [1.82, 2.24) is 0 Å². The summed E-state index contributed by atoms with van der Waals surface area (Å²) in [5.41, 5.74) is 9.55. The second-order valence-corrected chi connectivity index (χ2v) is 5.26. The summed E-state index contributed by atoms with van der Waals surface area (Å²) < 4.78 is 23.6. The maximum atomic E-state index is 13.2. The molecule has 0 heterocycles. The standard InChI is InChI=1S/C18H23FN2O2/c1-22-11-9-21(10-12-23-2)18-8-7-16(20)13-17(18)14-3-5-15(19)6-4-14/h3-8,13H,9-12,20H2,1-2H3. The molecule has 0 fully saturated rings. The third-order valence-corrected chi connectivity index (χ3v) is 3.65. The minimum atomic E-state index is -0.255. The van der Waals surface area contributed by atoms with Crippen molar-refractivity contribution in [1.29, 1.82) is 0 Å². The van der Waals surface area contributed by atoms with Crippen LogP contribution < -0.4 is 10.6 Å². The molecule has 0 spiro atoms. The van der Waals surface area contributed by atoms with Crippen molar-refractivity contribution in [2.45, 2.75) is 0 Å². The molecule has 0 aliphatic heterocycles. The van der Waals surface area contributed by atoms with Crippen molar-refractivity contribution in [3.05, 3.63) is 48.3 Å². The molecule has 124 valence electrons. The summed E-state index contributed by atoms with van der Waals surface area (Å²) in [4.78, 5) is 2.19. The van der Waals surface area contributed by atoms with E-state index < -0.39 is 0 Å². The number of benzene rings is 2. The van der Waals surface area contributed by atoms with Gasteiger partial charge >= 0.3 is 0 Å². The molecule has 0 aromatic heterocycles. The monoisotopic (exact) mass is 318 g/mol. The molecular formula is C18H23FN2O2. The Bertz CT molecular complexity index is 609. The van der Waals surface area contributed by atoms with Crippen molar-refractivity contribution < 1.29 is 13.9 Å². The van der Waals surface area contributed by atoms with Crippen LogP contribution >= 0.6 is 0 Å². The molecule has 0 saturated heterocycles. The van der Waals surface area contributed by atoms with Crippen LogP contribution in [0.5, 0.6) is 0 Å². The lowest BCUT2D eigenvalue weighted by Gasteiger charge is -2.27. The molecule has 2 rings (SSSR count).